The number of allylic oxidation sites excluding steroid dienone is 4. The summed E-state index contributed by atoms with van der Waals surface area (Å²) in [5.74, 6) is 3.67. The van der Waals surface area contributed by atoms with E-state index >= 15 is 0 Å². The first-order chi connectivity index (χ1) is 9.40. The molecule has 0 heteroatoms. The maximum atomic E-state index is 2.54. The molecule has 3 unspecified atom stereocenters. The Bertz CT molecular complexity index is 328. The van der Waals surface area contributed by atoms with E-state index in [2.05, 4.69) is 53.7 Å². The number of hydrogen-bond donors (Lipinski definition) is 0. The zero-order valence-electron chi connectivity index (χ0n) is 14.7. The van der Waals surface area contributed by atoms with Crippen LogP contribution in [0.4, 0.5) is 0 Å². The summed E-state index contributed by atoms with van der Waals surface area (Å²) in [6, 6.07) is 0. The maximum Gasteiger partial charge on any atom is -0.0288 e. The van der Waals surface area contributed by atoms with E-state index in [9.17, 15) is 0 Å². The molecule has 1 aliphatic carbocycles. The molecule has 1 rings (SSSR count). The first-order valence-corrected chi connectivity index (χ1v) is 8.69. The number of rotatable bonds is 6. The molecule has 0 radical (unpaired) electrons. The smallest absolute Gasteiger partial charge is 0.0288 e. The summed E-state index contributed by atoms with van der Waals surface area (Å²) in [5.41, 5.74) is 3.03. The predicted molar refractivity (Wildman–Crippen MR) is 91.9 cm³/mol. The normalized spacial score (nSPS) is 27.8. The molecule has 0 spiro atoms. The van der Waals surface area contributed by atoms with Crippen molar-refractivity contribution in [2.75, 3.05) is 0 Å². The molecule has 0 aromatic carbocycles. The molecule has 1 aliphatic rings. The van der Waals surface area contributed by atoms with Crippen molar-refractivity contribution in [3.63, 3.8) is 0 Å². The maximum absolute atomic E-state index is 2.54. The summed E-state index contributed by atoms with van der Waals surface area (Å²) in [7, 11) is 0. The summed E-state index contributed by atoms with van der Waals surface area (Å²) in [6.07, 6.45) is 13.0. The lowest BCUT2D eigenvalue weighted by Gasteiger charge is -2.37. The van der Waals surface area contributed by atoms with Crippen LogP contribution < -0.4 is 0 Å². The van der Waals surface area contributed by atoms with Gasteiger partial charge in [0.15, 0.2) is 0 Å². The van der Waals surface area contributed by atoms with Crippen LogP contribution in [0.1, 0.15) is 80.1 Å². The average Bonchev–Trinajstić information content (AvgIpc) is 2.35. The van der Waals surface area contributed by atoms with Crippen molar-refractivity contribution >= 4 is 0 Å². The second-order valence-corrected chi connectivity index (χ2v) is 7.69. The molecule has 0 aromatic heterocycles. The Morgan fingerprint density at radius 3 is 2.40 bits per heavy atom. The zero-order valence-corrected chi connectivity index (χ0v) is 14.7. The zero-order chi connectivity index (χ0) is 15.1. The van der Waals surface area contributed by atoms with Gasteiger partial charge in [-0.15, -0.1) is 0 Å². The van der Waals surface area contributed by atoms with Gasteiger partial charge in [-0.25, -0.2) is 0 Å². The van der Waals surface area contributed by atoms with Crippen LogP contribution in [-0.2, 0) is 0 Å². The molecular formula is C20H36. The molecule has 1 fully saturated rings. The Kier molecular flexibility index (Phi) is 7.62. The summed E-state index contributed by atoms with van der Waals surface area (Å²) in [4.78, 5) is 0. The molecule has 0 bridgehead atoms. The van der Waals surface area contributed by atoms with E-state index in [0.29, 0.717) is 0 Å². The third-order valence-corrected chi connectivity index (χ3v) is 5.02. The van der Waals surface area contributed by atoms with Crippen LogP contribution >= 0.6 is 0 Å². The molecule has 20 heavy (non-hydrogen) atoms. The van der Waals surface area contributed by atoms with Gasteiger partial charge in [0.1, 0.15) is 0 Å². The lowest BCUT2D eigenvalue weighted by atomic mass is 9.69. The molecule has 0 N–H and O–H groups in total. The van der Waals surface area contributed by atoms with Crippen molar-refractivity contribution in [3.8, 4) is 0 Å². The SMILES string of the molecule is CC(C)=CCC/C(C)=C/CC1CC(C)CCC1C(C)C. The quantitative estimate of drug-likeness (QED) is 0.469. The van der Waals surface area contributed by atoms with Gasteiger partial charge in [-0.1, -0.05) is 50.5 Å². The molecule has 3 atom stereocenters. The minimum Gasteiger partial charge on any atom is -0.0856 e. The van der Waals surface area contributed by atoms with Gasteiger partial charge < -0.3 is 0 Å². The summed E-state index contributed by atoms with van der Waals surface area (Å²) in [5, 5.41) is 0. The molecule has 0 heterocycles. The van der Waals surface area contributed by atoms with E-state index in [0.717, 1.165) is 23.7 Å². The van der Waals surface area contributed by atoms with Gasteiger partial charge in [-0.3, -0.25) is 0 Å². The first kappa shape index (κ1) is 17.5. The highest BCUT2D eigenvalue weighted by atomic mass is 14.3. The summed E-state index contributed by atoms with van der Waals surface area (Å²) < 4.78 is 0. The van der Waals surface area contributed by atoms with Gasteiger partial charge in [-0.05, 0) is 76.5 Å². The van der Waals surface area contributed by atoms with Crippen LogP contribution in [0.3, 0.4) is 0 Å². The van der Waals surface area contributed by atoms with Gasteiger partial charge in [0.25, 0.3) is 0 Å². The molecule has 0 aliphatic heterocycles. The van der Waals surface area contributed by atoms with Gasteiger partial charge in [-0.2, -0.15) is 0 Å². The van der Waals surface area contributed by atoms with Gasteiger partial charge in [0, 0.05) is 0 Å². The Labute approximate surface area is 127 Å². The fraction of sp³-hybridized carbons (Fsp3) is 0.800. The molecule has 1 saturated carbocycles. The lowest BCUT2D eigenvalue weighted by Crippen LogP contribution is -2.27. The van der Waals surface area contributed by atoms with Crippen molar-refractivity contribution in [2.45, 2.75) is 80.1 Å². The Morgan fingerprint density at radius 2 is 1.80 bits per heavy atom. The molecule has 0 nitrogen and oxygen atoms in total. The van der Waals surface area contributed by atoms with E-state index in [1.807, 2.05) is 0 Å². The third kappa shape index (κ3) is 6.29. The Hall–Kier alpha value is -0.520. The molecule has 0 amide bonds. The second kappa shape index (κ2) is 8.70. The van der Waals surface area contributed by atoms with Crippen molar-refractivity contribution in [3.05, 3.63) is 23.3 Å². The molecule has 116 valence electrons. The van der Waals surface area contributed by atoms with Crippen LogP contribution in [-0.4, -0.2) is 0 Å². The lowest BCUT2D eigenvalue weighted by molar-refractivity contribution is 0.146. The predicted octanol–water partition coefficient (Wildman–Crippen LogP) is 6.78. The molecule has 0 saturated heterocycles. The average molecular weight is 277 g/mol. The largest absolute Gasteiger partial charge is 0.0856 e. The van der Waals surface area contributed by atoms with Crippen LogP contribution in [0.25, 0.3) is 0 Å². The van der Waals surface area contributed by atoms with Crippen molar-refractivity contribution < 1.29 is 0 Å². The van der Waals surface area contributed by atoms with Crippen molar-refractivity contribution in [2.24, 2.45) is 23.7 Å². The van der Waals surface area contributed by atoms with E-state index < -0.39 is 0 Å². The van der Waals surface area contributed by atoms with Gasteiger partial charge in [0.05, 0.1) is 0 Å². The highest BCUT2D eigenvalue weighted by Gasteiger charge is 2.29. The summed E-state index contributed by atoms with van der Waals surface area (Å²) in [6.45, 7) is 14.0. The Morgan fingerprint density at radius 1 is 1.10 bits per heavy atom. The fourth-order valence-electron chi connectivity index (χ4n) is 3.71. The monoisotopic (exact) mass is 276 g/mol. The van der Waals surface area contributed by atoms with E-state index in [-0.39, 0.29) is 0 Å². The number of hydrogen-bond acceptors (Lipinski definition) is 0. The van der Waals surface area contributed by atoms with Crippen LogP contribution in [0.15, 0.2) is 23.3 Å². The van der Waals surface area contributed by atoms with E-state index in [1.165, 1.54) is 44.1 Å². The second-order valence-electron chi connectivity index (χ2n) is 7.69. The van der Waals surface area contributed by atoms with Gasteiger partial charge in [0.2, 0.25) is 0 Å². The first-order valence-electron chi connectivity index (χ1n) is 8.69. The van der Waals surface area contributed by atoms with Gasteiger partial charge >= 0.3 is 0 Å². The topological polar surface area (TPSA) is 0 Å². The summed E-state index contributed by atoms with van der Waals surface area (Å²) >= 11 is 0. The highest BCUT2D eigenvalue weighted by Crippen LogP contribution is 2.40. The minimum atomic E-state index is 0.854. The van der Waals surface area contributed by atoms with Crippen LogP contribution in [0.5, 0.6) is 0 Å². The van der Waals surface area contributed by atoms with Crippen LogP contribution in [0.2, 0.25) is 0 Å². The standard InChI is InChI=1S/C20H36/c1-15(2)8-7-9-17(5)10-12-19-14-18(6)11-13-20(19)16(3)4/h8,10,16,18-20H,7,9,11-14H2,1-6H3/b17-10+. The van der Waals surface area contributed by atoms with Crippen molar-refractivity contribution in [1.29, 1.82) is 0 Å². The molecular weight excluding hydrogens is 240 g/mol. The highest BCUT2D eigenvalue weighted by molar-refractivity contribution is 5.03. The molecule has 0 aromatic rings. The van der Waals surface area contributed by atoms with Crippen molar-refractivity contribution in [1.82, 2.24) is 0 Å². The van der Waals surface area contributed by atoms with E-state index in [1.54, 1.807) is 5.57 Å². The fourth-order valence-corrected chi connectivity index (χ4v) is 3.71. The minimum absolute atomic E-state index is 0.854. The van der Waals surface area contributed by atoms with E-state index in [4.69, 9.17) is 0 Å². The third-order valence-electron chi connectivity index (χ3n) is 5.02. The Balaban J connectivity index is 2.49. The van der Waals surface area contributed by atoms with Crippen LogP contribution in [0, 0.1) is 23.7 Å².